The molecule has 0 spiro atoms. The lowest BCUT2D eigenvalue weighted by Gasteiger charge is -2.13. The number of amides is 1. The Kier molecular flexibility index (Phi) is 4.85. The summed E-state index contributed by atoms with van der Waals surface area (Å²) in [7, 11) is 1.49. The van der Waals surface area contributed by atoms with Gasteiger partial charge in [0, 0.05) is 5.69 Å². The molecule has 0 radical (unpaired) electrons. The molecule has 0 bridgehead atoms. The molecule has 0 unspecified atom stereocenters. The van der Waals surface area contributed by atoms with Crippen molar-refractivity contribution in [3.8, 4) is 5.75 Å². The fourth-order valence-corrected chi connectivity index (χ4v) is 2.55. The van der Waals surface area contributed by atoms with E-state index in [0.29, 0.717) is 11.4 Å². The Hall–Kier alpha value is -3.36. The summed E-state index contributed by atoms with van der Waals surface area (Å²) in [5, 5.41) is 2.54. The minimum Gasteiger partial charge on any atom is -0.497 e. The van der Waals surface area contributed by atoms with Crippen molar-refractivity contribution in [1.82, 2.24) is 9.55 Å². The fraction of sp³-hybridized carbons (Fsp3) is 0.167. The minimum atomic E-state index is -4.92. The number of hydrogen-bond donors (Lipinski definition) is 1. The molecule has 0 saturated carbocycles. The molecule has 0 fully saturated rings. The number of anilines is 1. The van der Waals surface area contributed by atoms with E-state index in [9.17, 15) is 22.8 Å². The van der Waals surface area contributed by atoms with Crippen LogP contribution in [0.1, 0.15) is 5.69 Å². The zero-order chi connectivity index (χ0) is 19.6. The van der Waals surface area contributed by atoms with Crippen molar-refractivity contribution in [2.45, 2.75) is 12.7 Å². The second-order valence-electron chi connectivity index (χ2n) is 5.61. The average molecular weight is 377 g/mol. The molecule has 140 valence electrons. The van der Waals surface area contributed by atoms with E-state index >= 15 is 0 Å². The van der Waals surface area contributed by atoms with Crippen LogP contribution in [0.4, 0.5) is 18.9 Å². The molecule has 3 rings (SSSR count). The van der Waals surface area contributed by atoms with Crippen molar-refractivity contribution in [1.29, 1.82) is 0 Å². The Bertz CT molecular complexity index is 1040. The van der Waals surface area contributed by atoms with Crippen LogP contribution < -0.4 is 15.6 Å². The Morgan fingerprint density at radius 2 is 1.81 bits per heavy atom. The number of benzene rings is 2. The fourth-order valence-electron chi connectivity index (χ4n) is 2.55. The Balaban J connectivity index is 1.96. The summed E-state index contributed by atoms with van der Waals surface area (Å²) in [6.45, 7) is -0.586. The molecule has 3 aromatic rings. The molecule has 1 N–H and O–H groups in total. The van der Waals surface area contributed by atoms with Crippen LogP contribution in [-0.2, 0) is 17.5 Å². The molecule has 27 heavy (non-hydrogen) atoms. The second-order valence-corrected chi connectivity index (χ2v) is 5.61. The highest BCUT2D eigenvalue weighted by molar-refractivity contribution is 5.91. The van der Waals surface area contributed by atoms with Gasteiger partial charge in [0.25, 0.3) is 5.56 Å². The van der Waals surface area contributed by atoms with E-state index in [4.69, 9.17) is 4.74 Å². The molecule has 0 saturated heterocycles. The summed E-state index contributed by atoms with van der Waals surface area (Å²) in [4.78, 5) is 28.0. The number of alkyl halides is 3. The lowest BCUT2D eigenvalue weighted by atomic mass is 10.2. The first-order valence-corrected chi connectivity index (χ1v) is 7.80. The first kappa shape index (κ1) is 18.4. The van der Waals surface area contributed by atoms with Crippen molar-refractivity contribution >= 4 is 22.6 Å². The zero-order valence-electron chi connectivity index (χ0n) is 14.1. The summed E-state index contributed by atoms with van der Waals surface area (Å²) in [6.07, 6.45) is -4.92. The van der Waals surface area contributed by atoms with Crippen LogP contribution in [0.2, 0.25) is 0 Å². The maximum atomic E-state index is 13.1. The van der Waals surface area contributed by atoms with Gasteiger partial charge in [0.1, 0.15) is 12.3 Å². The third-order valence-corrected chi connectivity index (χ3v) is 3.80. The van der Waals surface area contributed by atoms with Crippen molar-refractivity contribution in [2.75, 3.05) is 12.4 Å². The molecule has 0 aliphatic heterocycles. The van der Waals surface area contributed by atoms with Gasteiger partial charge in [-0.3, -0.25) is 14.2 Å². The number of fused-ring (bicyclic) bond motifs is 1. The number of carbonyl (C=O) groups excluding carboxylic acids is 1. The number of methoxy groups -OCH3 is 1. The molecule has 0 atom stereocenters. The van der Waals surface area contributed by atoms with Crippen LogP contribution in [0.25, 0.3) is 11.0 Å². The van der Waals surface area contributed by atoms with Crippen molar-refractivity contribution < 1.29 is 22.7 Å². The number of para-hydroxylation sites is 2. The van der Waals surface area contributed by atoms with Gasteiger partial charge in [-0.15, -0.1) is 0 Å². The Labute approximate surface area is 151 Å². The summed E-state index contributed by atoms with van der Waals surface area (Å²) in [6, 6.07) is 12.2. The van der Waals surface area contributed by atoms with Gasteiger partial charge in [-0.2, -0.15) is 13.2 Å². The predicted molar refractivity (Wildman–Crippen MR) is 92.6 cm³/mol. The van der Waals surface area contributed by atoms with Crippen molar-refractivity contribution in [3.05, 3.63) is 64.6 Å². The molecule has 0 aliphatic rings. The van der Waals surface area contributed by atoms with Crippen LogP contribution in [0, 0.1) is 0 Å². The molecular formula is C18H14F3N3O3. The van der Waals surface area contributed by atoms with E-state index in [0.717, 1.165) is 4.57 Å². The van der Waals surface area contributed by atoms with Gasteiger partial charge >= 0.3 is 6.18 Å². The smallest absolute Gasteiger partial charge is 0.438 e. The van der Waals surface area contributed by atoms with Gasteiger partial charge in [-0.1, -0.05) is 12.1 Å². The third-order valence-electron chi connectivity index (χ3n) is 3.80. The standard InChI is InChI=1S/C18H14F3N3O3/c1-27-12-8-6-11(7-9-12)22-15(25)10-24-14-5-3-2-4-13(14)23-16(17(24)26)18(19,20)21/h2-9H,10H2,1H3,(H,22,25). The molecule has 6 nitrogen and oxygen atoms in total. The highest BCUT2D eigenvalue weighted by Crippen LogP contribution is 2.26. The van der Waals surface area contributed by atoms with Gasteiger partial charge in [-0.05, 0) is 36.4 Å². The highest BCUT2D eigenvalue weighted by atomic mass is 19.4. The zero-order valence-corrected chi connectivity index (χ0v) is 14.1. The second kappa shape index (κ2) is 7.10. The largest absolute Gasteiger partial charge is 0.497 e. The summed E-state index contributed by atoms with van der Waals surface area (Å²) in [5.41, 5.74) is -2.39. The van der Waals surface area contributed by atoms with Crippen molar-refractivity contribution in [3.63, 3.8) is 0 Å². The molecule has 1 heterocycles. The lowest BCUT2D eigenvalue weighted by molar-refractivity contribution is -0.142. The first-order valence-electron chi connectivity index (χ1n) is 7.80. The molecule has 1 amide bonds. The minimum absolute atomic E-state index is 0.0262. The monoisotopic (exact) mass is 377 g/mol. The third kappa shape index (κ3) is 3.91. The first-order chi connectivity index (χ1) is 12.8. The quantitative estimate of drug-likeness (QED) is 0.759. The number of halogens is 3. The highest BCUT2D eigenvalue weighted by Gasteiger charge is 2.37. The van der Waals surface area contributed by atoms with Crippen molar-refractivity contribution in [2.24, 2.45) is 0 Å². The number of hydrogen-bond acceptors (Lipinski definition) is 4. The Morgan fingerprint density at radius 3 is 2.44 bits per heavy atom. The SMILES string of the molecule is COc1ccc(NC(=O)Cn2c(=O)c(C(F)(F)F)nc3ccccc32)cc1. The van der Waals surface area contributed by atoms with Crippen LogP contribution in [0.3, 0.4) is 0 Å². The van der Waals surface area contributed by atoms with Gasteiger partial charge in [0.15, 0.2) is 0 Å². The maximum absolute atomic E-state index is 13.1. The number of aromatic nitrogens is 2. The van der Waals surface area contributed by atoms with Crippen LogP contribution in [0.15, 0.2) is 53.3 Å². The lowest BCUT2D eigenvalue weighted by Crippen LogP contribution is -2.34. The predicted octanol–water partition coefficient (Wildman–Crippen LogP) is 3.06. The number of carbonyl (C=O) groups is 1. The maximum Gasteiger partial charge on any atom is 0.438 e. The van der Waals surface area contributed by atoms with E-state index in [2.05, 4.69) is 10.3 Å². The summed E-state index contributed by atoms with van der Waals surface area (Å²) >= 11 is 0. The number of nitrogens with one attached hydrogen (secondary N) is 1. The van der Waals surface area contributed by atoms with E-state index in [-0.39, 0.29) is 11.0 Å². The van der Waals surface area contributed by atoms with Gasteiger partial charge in [0.05, 0.1) is 18.1 Å². The normalized spacial score (nSPS) is 11.4. The van der Waals surface area contributed by atoms with Gasteiger partial charge < -0.3 is 10.1 Å². The number of rotatable bonds is 4. The molecule has 0 aliphatic carbocycles. The Morgan fingerprint density at radius 1 is 1.15 bits per heavy atom. The number of ether oxygens (including phenoxy) is 1. The van der Waals surface area contributed by atoms with E-state index in [1.165, 1.54) is 25.3 Å². The van der Waals surface area contributed by atoms with Gasteiger partial charge in [0.2, 0.25) is 11.6 Å². The molecular weight excluding hydrogens is 363 g/mol. The topological polar surface area (TPSA) is 73.2 Å². The van der Waals surface area contributed by atoms with E-state index in [1.807, 2.05) is 0 Å². The molecule has 2 aromatic carbocycles. The molecule has 1 aromatic heterocycles. The van der Waals surface area contributed by atoms with E-state index in [1.54, 1.807) is 30.3 Å². The van der Waals surface area contributed by atoms with Crippen LogP contribution >= 0.6 is 0 Å². The summed E-state index contributed by atoms with van der Waals surface area (Å²) in [5.74, 6) is -0.0640. The summed E-state index contributed by atoms with van der Waals surface area (Å²) < 4.78 is 45.1. The average Bonchev–Trinajstić information content (AvgIpc) is 2.63. The van der Waals surface area contributed by atoms with Crippen LogP contribution in [0.5, 0.6) is 5.75 Å². The van der Waals surface area contributed by atoms with E-state index < -0.39 is 29.9 Å². The van der Waals surface area contributed by atoms with Crippen LogP contribution in [-0.4, -0.2) is 22.6 Å². The number of nitrogens with zero attached hydrogens (tertiary/aromatic N) is 2. The molecule has 9 heteroatoms. The van der Waals surface area contributed by atoms with Gasteiger partial charge in [-0.25, -0.2) is 4.98 Å².